The number of ether oxygens (including phenoxy) is 1. The number of hydrogen-bond acceptors (Lipinski definition) is 6. The average Bonchev–Trinajstić information content (AvgIpc) is 2.77. The number of rotatable bonds is 6. The van der Waals surface area contributed by atoms with Crippen molar-refractivity contribution >= 4 is 11.9 Å². The highest BCUT2D eigenvalue weighted by atomic mass is 16.5. The van der Waals surface area contributed by atoms with Crippen molar-refractivity contribution < 1.29 is 14.3 Å². The smallest absolute Gasteiger partial charge is 0.378 e. The highest BCUT2D eigenvalue weighted by molar-refractivity contribution is 5.85. The van der Waals surface area contributed by atoms with Crippen LogP contribution in [0.2, 0.25) is 0 Å². The Morgan fingerprint density at radius 3 is 2.88 bits per heavy atom. The molecule has 0 aliphatic rings. The van der Waals surface area contributed by atoms with Crippen molar-refractivity contribution in [2.75, 3.05) is 13.7 Å². The van der Waals surface area contributed by atoms with Gasteiger partial charge in [0, 0.05) is 20.0 Å². The molecule has 0 aliphatic heterocycles. The summed E-state index contributed by atoms with van der Waals surface area (Å²) in [7, 11) is 1.57. The van der Waals surface area contributed by atoms with Crippen molar-refractivity contribution in [1.29, 1.82) is 0 Å². The lowest BCUT2D eigenvalue weighted by Gasteiger charge is -2.03. The molecule has 0 bridgehead atoms. The third kappa shape index (κ3) is 3.82. The standard InChI is InChI=1S/C9H15N5O3/c1-3-17-9(16)8-11-12-13-14(8)6-4-5-7(15)10-2/h3-6H2,1-2H3,(H,10,15). The summed E-state index contributed by atoms with van der Waals surface area (Å²) in [6.07, 6.45) is 0.912. The molecule has 8 heteroatoms. The van der Waals surface area contributed by atoms with Crippen molar-refractivity contribution in [3.63, 3.8) is 0 Å². The van der Waals surface area contributed by atoms with Crippen LogP contribution in [-0.2, 0) is 16.1 Å². The van der Waals surface area contributed by atoms with Crippen LogP contribution in [0.4, 0.5) is 0 Å². The van der Waals surface area contributed by atoms with Gasteiger partial charge >= 0.3 is 5.97 Å². The molecule has 0 unspecified atom stereocenters. The van der Waals surface area contributed by atoms with E-state index < -0.39 is 5.97 Å². The quantitative estimate of drug-likeness (QED) is 0.666. The van der Waals surface area contributed by atoms with Gasteiger partial charge in [0.05, 0.1) is 6.61 Å². The first kappa shape index (κ1) is 13.1. The lowest BCUT2D eigenvalue weighted by molar-refractivity contribution is -0.120. The molecule has 1 aromatic rings. The SMILES string of the molecule is CCOC(=O)c1nnnn1CCCC(=O)NC. The van der Waals surface area contributed by atoms with E-state index >= 15 is 0 Å². The lowest BCUT2D eigenvalue weighted by Crippen LogP contribution is -2.19. The van der Waals surface area contributed by atoms with Gasteiger partial charge in [-0.25, -0.2) is 9.48 Å². The van der Waals surface area contributed by atoms with Crippen LogP contribution >= 0.6 is 0 Å². The summed E-state index contributed by atoms with van der Waals surface area (Å²) < 4.78 is 6.13. The first-order valence-electron chi connectivity index (χ1n) is 5.33. The topological polar surface area (TPSA) is 99.0 Å². The molecule has 1 amide bonds. The van der Waals surface area contributed by atoms with E-state index in [0.29, 0.717) is 19.4 Å². The van der Waals surface area contributed by atoms with Gasteiger partial charge in [-0.15, -0.1) is 5.10 Å². The van der Waals surface area contributed by atoms with E-state index in [-0.39, 0.29) is 18.3 Å². The van der Waals surface area contributed by atoms with Gasteiger partial charge in [0.25, 0.3) is 5.82 Å². The molecular weight excluding hydrogens is 226 g/mol. The zero-order valence-electron chi connectivity index (χ0n) is 9.84. The summed E-state index contributed by atoms with van der Waals surface area (Å²) in [5.41, 5.74) is 0. The molecule has 1 heterocycles. The minimum absolute atomic E-state index is 0.0590. The Balaban J connectivity index is 2.51. The molecule has 1 N–H and O–H groups in total. The van der Waals surface area contributed by atoms with E-state index in [1.165, 1.54) is 4.68 Å². The summed E-state index contributed by atoms with van der Waals surface area (Å²) in [4.78, 5) is 22.4. The van der Waals surface area contributed by atoms with Crippen LogP contribution in [0.1, 0.15) is 30.4 Å². The second-order valence-electron chi connectivity index (χ2n) is 3.22. The monoisotopic (exact) mass is 241 g/mol. The average molecular weight is 241 g/mol. The predicted molar refractivity (Wildman–Crippen MR) is 57.1 cm³/mol. The van der Waals surface area contributed by atoms with Crippen molar-refractivity contribution in [3.8, 4) is 0 Å². The third-order valence-electron chi connectivity index (χ3n) is 2.04. The van der Waals surface area contributed by atoms with Gasteiger partial charge in [-0.2, -0.15) is 0 Å². The Morgan fingerprint density at radius 2 is 2.24 bits per heavy atom. The van der Waals surface area contributed by atoms with Crippen LogP contribution < -0.4 is 5.32 Å². The molecule has 0 aliphatic carbocycles. The summed E-state index contributed by atoms with van der Waals surface area (Å²) in [6.45, 7) is 2.37. The predicted octanol–water partition coefficient (Wildman–Crippen LogP) is -0.624. The Morgan fingerprint density at radius 1 is 1.47 bits per heavy atom. The lowest BCUT2D eigenvalue weighted by atomic mass is 10.3. The number of hydrogen-bond donors (Lipinski definition) is 1. The van der Waals surface area contributed by atoms with Crippen molar-refractivity contribution in [1.82, 2.24) is 25.5 Å². The summed E-state index contributed by atoms with van der Waals surface area (Å²) >= 11 is 0. The number of carbonyl (C=O) groups is 2. The minimum atomic E-state index is -0.558. The molecule has 1 aromatic heterocycles. The van der Waals surface area contributed by atoms with Gasteiger partial charge in [0.2, 0.25) is 5.91 Å². The fraction of sp³-hybridized carbons (Fsp3) is 0.667. The maximum absolute atomic E-state index is 11.4. The molecule has 0 saturated carbocycles. The van der Waals surface area contributed by atoms with Crippen LogP contribution in [0.3, 0.4) is 0 Å². The van der Waals surface area contributed by atoms with Gasteiger partial charge in [0.15, 0.2) is 0 Å². The molecular formula is C9H15N5O3. The fourth-order valence-corrected chi connectivity index (χ4v) is 1.21. The Labute approximate surface area is 98.3 Å². The van der Waals surface area contributed by atoms with E-state index in [4.69, 9.17) is 4.74 Å². The number of esters is 1. The number of nitrogens with one attached hydrogen (secondary N) is 1. The van der Waals surface area contributed by atoms with Gasteiger partial charge in [-0.1, -0.05) is 0 Å². The second kappa shape index (κ2) is 6.56. The molecule has 94 valence electrons. The van der Waals surface area contributed by atoms with E-state index in [9.17, 15) is 9.59 Å². The molecule has 8 nitrogen and oxygen atoms in total. The van der Waals surface area contributed by atoms with Gasteiger partial charge in [0.1, 0.15) is 0 Å². The highest BCUT2D eigenvalue weighted by Crippen LogP contribution is 1.99. The Hall–Kier alpha value is -1.99. The Kier molecular flexibility index (Phi) is 5.05. The summed E-state index contributed by atoms with van der Waals surface area (Å²) in [5, 5.41) is 13.2. The zero-order chi connectivity index (χ0) is 12.7. The first-order chi connectivity index (χ1) is 8.19. The van der Waals surface area contributed by atoms with Crippen molar-refractivity contribution in [2.24, 2.45) is 0 Å². The number of nitrogens with zero attached hydrogens (tertiary/aromatic N) is 4. The molecule has 0 fully saturated rings. The van der Waals surface area contributed by atoms with Crippen LogP contribution in [0.25, 0.3) is 0 Å². The summed E-state index contributed by atoms with van der Waals surface area (Å²) in [5.74, 6) is -0.558. The summed E-state index contributed by atoms with van der Waals surface area (Å²) in [6, 6.07) is 0. The third-order valence-corrected chi connectivity index (χ3v) is 2.04. The molecule has 0 saturated heterocycles. The van der Waals surface area contributed by atoms with Crippen LogP contribution in [0.15, 0.2) is 0 Å². The van der Waals surface area contributed by atoms with Crippen LogP contribution in [-0.4, -0.2) is 45.7 Å². The maximum atomic E-state index is 11.4. The van der Waals surface area contributed by atoms with Gasteiger partial charge < -0.3 is 10.1 Å². The molecule has 0 atom stereocenters. The largest absolute Gasteiger partial charge is 0.460 e. The number of aryl methyl sites for hydroxylation is 1. The molecule has 0 aromatic carbocycles. The van der Waals surface area contributed by atoms with Gasteiger partial charge in [-0.3, -0.25) is 4.79 Å². The Bertz CT molecular complexity index is 390. The molecule has 1 rings (SSSR count). The number of amides is 1. The molecule has 0 spiro atoms. The second-order valence-corrected chi connectivity index (χ2v) is 3.22. The first-order valence-corrected chi connectivity index (χ1v) is 5.33. The van der Waals surface area contributed by atoms with Gasteiger partial charge in [-0.05, 0) is 23.8 Å². The number of carbonyl (C=O) groups excluding carboxylic acids is 2. The number of aromatic nitrogens is 4. The van der Waals surface area contributed by atoms with Crippen LogP contribution in [0, 0.1) is 0 Å². The molecule has 17 heavy (non-hydrogen) atoms. The van der Waals surface area contributed by atoms with E-state index in [1.54, 1.807) is 14.0 Å². The van der Waals surface area contributed by atoms with E-state index in [0.717, 1.165) is 0 Å². The maximum Gasteiger partial charge on any atom is 0.378 e. The van der Waals surface area contributed by atoms with Crippen molar-refractivity contribution in [3.05, 3.63) is 5.82 Å². The molecule has 0 radical (unpaired) electrons. The fourth-order valence-electron chi connectivity index (χ4n) is 1.21. The van der Waals surface area contributed by atoms with Crippen molar-refractivity contribution in [2.45, 2.75) is 26.3 Å². The number of tetrazole rings is 1. The highest BCUT2D eigenvalue weighted by Gasteiger charge is 2.16. The minimum Gasteiger partial charge on any atom is -0.460 e. The van der Waals surface area contributed by atoms with E-state index in [2.05, 4.69) is 20.8 Å². The van der Waals surface area contributed by atoms with E-state index in [1.807, 2.05) is 0 Å². The van der Waals surface area contributed by atoms with Crippen LogP contribution in [0.5, 0.6) is 0 Å². The normalized spacial score (nSPS) is 10.0. The zero-order valence-corrected chi connectivity index (χ0v) is 9.84.